The molecule has 0 heterocycles. The number of azide groups is 1. The van der Waals surface area contributed by atoms with E-state index in [-0.39, 0.29) is 17.2 Å². The Kier molecular flexibility index (Phi) is 4.81. The SMILES string of the molecule is CC(COS(=O)(=O)c1ccc([N+](=O)[O-])cc1)N=[N+]=[N-]. The Morgan fingerprint density at radius 2 is 2.05 bits per heavy atom. The fourth-order valence-electron chi connectivity index (χ4n) is 1.11. The van der Waals surface area contributed by atoms with Crippen LogP contribution in [0.25, 0.3) is 10.4 Å². The summed E-state index contributed by atoms with van der Waals surface area (Å²) in [5.74, 6) is 0. The van der Waals surface area contributed by atoms with Crippen LogP contribution in [0.3, 0.4) is 0 Å². The van der Waals surface area contributed by atoms with Gasteiger partial charge in [-0.1, -0.05) is 12.0 Å². The van der Waals surface area contributed by atoms with E-state index in [4.69, 9.17) is 5.53 Å². The summed E-state index contributed by atoms with van der Waals surface area (Å²) in [5.41, 5.74) is 7.93. The summed E-state index contributed by atoms with van der Waals surface area (Å²) in [6.07, 6.45) is 0. The zero-order chi connectivity index (χ0) is 14.5. The molecule has 1 aromatic carbocycles. The lowest BCUT2D eigenvalue weighted by atomic mass is 10.3. The van der Waals surface area contributed by atoms with Gasteiger partial charge in [-0.3, -0.25) is 14.3 Å². The van der Waals surface area contributed by atoms with Crippen molar-refractivity contribution >= 4 is 15.8 Å². The summed E-state index contributed by atoms with van der Waals surface area (Å²) < 4.78 is 28.1. The molecule has 0 aliphatic rings. The topological polar surface area (TPSA) is 135 Å². The molecule has 1 atom stereocenters. The minimum Gasteiger partial charge on any atom is -0.266 e. The van der Waals surface area contributed by atoms with Crippen molar-refractivity contribution in [3.63, 3.8) is 0 Å². The molecule has 0 N–H and O–H groups in total. The third-order valence-electron chi connectivity index (χ3n) is 2.05. The highest BCUT2D eigenvalue weighted by atomic mass is 32.2. The maximum atomic E-state index is 11.7. The summed E-state index contributed by atoms with van der Waals surface area (Å²) in [7, 11) is -4.02. The molecule has 0 radical (unpaired) electrons. The molecule has 0 fully saturated rings. The van der Waals surface area contributed by atoms with Crippen LogP contribution in [0.1, 0.15) is 6.92 Å². The zero-order valence-corrected chi connectivity index (χ0v) is 10.6. The van der Waals surface area contributed by atoms with Crippen LogP contribution in [0.15, 0.2) is 34.3 Å². The van der Waals surface area contributed by atoms with E-state index in [0.717, 1.165) is 24.3 Å². The van der Waals surface area contributed by atoms with Crippen molar-refractivity contribution < 1.29 is 17.5 Å². The quantitative estimate of drug-likeness (QED) is 0.197. The highest BCUT2D eigenvalue weighted by Gasteiger charge is 2.17. The Morgan fingerprint density at radius 1 is 1.47 bits per heavy atom. The van der Waals surface area contributed by atoms with Gasteiger partial charge in [0.1, 0.15) is 0 Å². The van der Waals surface area contributed by atoms with E-state index in [0.29, 0.717) is 0 Å². The van der Waals surface area contributed by atoms with Crippen molar-refractivity contribution in [3.8, 4) is 0 Å². The first kappa shape index (κ1) is 14.9. The number of nitrogens with zero attached hydrogens (tertiary/aromatic N) is 4. The molecule has 0 aliphatic heterocycles. The standard InChI is InChI=1S/C9H10N4O5S/c1-7(11-12-10)6-18-19(16,17)9-4-2-8(3-5-9)13(14)15/h2-5,7H,6H2,1H3. The van der Waals surface area contributed by atoms with E-state index in [9.17, 15) is 18.5 Å². The molecule has 0 spiro atoms. The van der Waals surface area contributed by atoms with Crippen molar-refractivity contribution in [1.29, 1.82) is 0 Å². The van der Waals surface area contributed by atoms with Gasteiger partial charge in [-0.05, 0) is 17.7 Å². The first-order valence-electron chi connectivity index (χ1n) is 5.05. The second-order valence-corrected chi connectivity index (χ2v) is 5.16. The Bertz CT molecular complexity index is 606. The Labute approximate surface area is 108 Å². The lowest BCUT2D eigenvalue weighted by Crippen LogP contribution is -2.14. The van der Waals surface area contributed by atoms with Crippen LogP contribution in [-0.2, 0) is 14.3 Å². The fraction of sp³-hybridized carbons (Fsp3) is 0.333. The number of hydrogen-bond donors (Lipinski definition) is 0. The molecular weight excluding hydrogens is 276 g/mol. The normalized spacial score (nSPS) is 12.5. The van der Waals surface area contributed by atoms with Gasteiger partial charge in [-0.25, -0.2) is 0 Å². The molecular formula is C9H10N4O5S. The number of benzene rings is 1. The van der Waals surface area contributed by atoms with Gasteiger partial charge in [-0.15, -0.1) is 0 Å². The first-order valence-corrected chi connectivity index (χ1v) is 6.45. The molecule has 10 heteroatoms. The maximum Gasteiger partial charge on any atom is 0.296 e. The van der Waals surface area contributed by atoms with Gasteiger partial charge in [0.2, 0.25) is 0 Å². The van der Waals surface area contributed by atoms with Gasteiger partial charge < -0.3 is 0 Å². The summed E-state index contributed by atoms with van der Waals surface area (Å²) in [4.78, 5) is 12.1. The highest BCUT2D eigenvalue weighted by Crippen LogP contribution is 2.17. The lowest BCUT2D eigenvalue weighted by Gasteiger charge is -2.07. The molecule has 0 bridgehead atoms. The third kappa shape index (κ3) is 4.21. The molecule has 1 aromatic rings. The minimum absolute atomic E-state index is 0.203. The molecule has 0 aliphatic carbocycles. The molecule has 0 saturated heterocycles. The first-order chi connectivity index (χ1) is 8.86. The number of rotatable bonds is 6. The Hall–Kier alpha value is -2.16. The second-order valence-electron chi connectivity index (χ2n) is 3.54. The molecule has 0 amide bonds. The molecule has 1 unspecified atom stereocenters. The van der Waals surface area contributed by atoms with E-state index in [1.165, 1.54) is 6.92 Å². The van der Waals surface area contributed by atoms with Crippen molar-refractivity contribution in [2.75, 3.05) is 6.61 Å². The van der Waals surface area contributed by atoms with Crippen LogP contribution in [0, 0.1) is 10.1 Å². The van der Waals surface area contributed by atoms with Crippen LogP contribution < -0.4 is 0 Å². The van der Waals surface area contributed by atoms with E-state index >= 15 is 0 Å². The number of nitro groups is 1. The molecule has 0 aromatic heterocycles. The van der Waals surface area contributed by atoms with E-state index in [2.05, 4.69) is 14.2 Å². The average Bonchev–Trinajstić information content (AvgIpc) is 2.37. The summed E-state index contributed by atoms with van der Waals surface area (Å²) in [6, 6.07) is 3.63. The summed E-state index contributed by atoms with van der Waals surface area (Å²) in [5, 5.41) is 13.7. The largest absolute Gasteiger partial charge is 0.296 e. The Balaban J connectivity index is 2.82. The molecule has 9 nitrogen and oxygen atoms in total. The highest BCUT2D eigenvalue weighted by molar-refractivity contribution is 7.86. The zero-order valence-electron chi connectivity index (χ0n) is 9.83. The van der Waals surface area contributed by atoms with E-state index in [1.807, 2.05) is 0 Å². The predicted molar refractivity (Wildman–Crippen MR) is 64.8 cm³/mol. The van der Waals surface area contributed by atoms with Crippen molar-refractivity contribution in [1.82, 2.24) is 0 Å². The molecule has 102 valence electrons. The molecule has 0 saturated carbocycles. The van der Waals surface area contributed by atoms with Gasteiger partial charge in [0.15, 0.2) is 0 Å². The van der Waals surface area contributed by atoms with Crippen molar-refractivity contribution in [3.05, 3.63) is 44.8 Å². The molecule has 19 heavy (non-hydrogen) atoms. The van der Waals surface area contributed by atoms with E-state index in [1.54, 1.807) is 0 Å². The summed E-state index contributed by atoms with van der Waals surface area (Å²) >= 11 is 0. The fourth-order valence-corrected chi connectivity index (χ4v) is 2.09. The van der Waals surface area contributed by atoms with Gasteiger partial charge in [0.25, 0.3) is 15.8 Å². The van der Waals surface area contributed by atoms with Crippen LogP contribution in [-0.4, -0.2) is 26.0 Å². The van der Waals surface area contributed by atoms with Crippen LogP contribution in [0.2, 0.25) is 0 Å². The predicted octanol–water partition coefficient (Wildman–Crippen LogP) is 2.00. The monoisotopic (exact) mass is 286 g/mol. The second kappa shape index (κ2) is 6.14. The average molecular weight is 286 g/mol. The summed E-state index contributed by atoms with van der Waals surface area (Å²) in [6.45, 7) is 1.19. The van der Waals surface area contributed by atoms with Crippen LogP contribution >= 0.6 is 0 Å². The number of non-ortho nitro benzene ring substituents is 1. The van der Waals surface area contributed by atoms with Crippen LogP contribution in [0.4, 0.5) is 5.69 Å². The lowest BCUT2D eigenvalue weighted by molar-refractivity contribution is -0.384. The van der Waals surface area contributed by atoms with Crippen molar-refractivity contribution in [2.45, 2.75) is 17.9 Å². The number of nitro benzene ring substituents is 1. The van der Waals surface area contributed by atoms with Gasteiger partial charge in [0.05, 0.1) is 22.5 Å². The smallest absolute Gasteiger partial charge is 0.266 e. The van der Waals surface area contributed by atoms with Crippen molar-refractivity contribution in [2.24, 2.45) is 5.11 Å². The van der Waals surface area contributed by atoms with Gasteiger partial charge in [0, 0.05) is 17.0 Å². The number of hydrogen-bond acceptors (Lipinski definition) is 6. The minimum atomic E-state index is -4.02. The molecule has 1 rings (SSSR count). The Morgan fingerprint density at radius 3 is 2.53 bits per heavy atom. The maximum absolute atomic E-state index is 11.7. The van der Waals surface area contributed by atoms with Gasteiger partial charge >= 0.3 is 0 Å². The third-order valence-corrected chi connectivity index (χ3v) is 3.35. The van der Waals surface area contributed by atoms with E-state index < -0.39 is 21.1 Å². The van der Waals surface area contributed by atoms with Crippen LogP contribution in [0.5, 0.6) is 0 Å². The van der Waals surface area contributed by atoms with Gasteiger partial charge in [-0.2, -0.15) is 8.42 Å².